The second kappa shape index (κ2) is 2.73. The molecule has 0 spiro atoms. The molecule has 0 saturated carbocycles. The first-order valence-corrected chi connectivity index (χ1v) is 5.86. The van der Waals surface area contributed by atoms with Crippen molar-refractivity contribution in [3.63, 3.8) is 0 Å². The molecule has 1 aromatic rings. The molecule has 0 bridgehead atoms. The molecule has 2 nitrogen and oxygen atoms in total. The van der Waals surface area contributed by atoms with E-state index in [1.165, 1.54) is 0 Å². The Morgan fingerprint density at radius 3 is 2.78 bits per heavy atom. The van der Waals surface area contributed by atoms with Gasteiger partial charge >= 0.3 is 0 Å². The van der Waals surface area contributed by atoms with Gasteiger partial charge in [-0.3, -0.25) is 0 Å². The molecule has 3 heteroatoms. The number of rotatable bonds is 2. The van der Waals surface area contributed by atoms with Crippen molar-refractivity contribution in [2.75, 3.05) is 0 Å². The first-order chi connectivity index (χ1) is 4.29. The van der Waals surface area contributed by atoms with Gasteiger partial charge in [-0.15, -0.1) is 0 Å². The van der Waals surface area contributed by atoms with E-state index in [0.717, 1.165) is 5.75 Å². The standard InChI is InChI=1S/C6H11NOSi/c1-9(2)8-6-3-4-7-5-6/h3-5,7,9H,1-2H3. The highest BCUT2D eigenvalue weighted by atomic mass is 28.3. The largest absolute Gasteiger partial charge is 0.546 e. The number of aromatic amines is 1. The van der Waals surface area contributed by atoms with Gasteiger partial charge in [-0.2, -0.15) is 0 Å². The van der Waals surface area contributed by atoms with Gasteiger partial charge in [0.1, 0.15) is 5.75 Å². The summed E-state index contributed by atoms with van der Waals surface area (Å²) in [5.74, 6) is 0.969. The van der Waals surface area contributed by atoms with Crippen LogP contribution >= 0.6 is 0 Å². The average molecular weight is 141 g/mol. The van der Waals surface area contributed by atoms with E-state index in [1.54, 1.807) is 0 Å². The maximum atomic E-state index is 5.46. The Balaban J connectivity index is 2.48. The van der Waals surface area contributed by atoms with E-state index in [9.17, 15) is 0 Å². The van der Waals surface area contributed by atoms with Gasteiger partial charge < -0.3 is 9.41 Å². The summed E-state index contributed by atoms with van der Waals surface area (Å²) in [6.45, 7) is 4.29. The molecule has 50 valence electrons. The lowest BCUT2D eigenvalue weighted by molar-refractivity contribution is 0.582. The van der Waals surface area contributed by atoms with Crippen LogP contribution in [0.3, 0.4) is 0 Å². The zero-order valence-corrected chi connectivity index (χ0v) is 6.87. The zero-order chi connectivity index (χ0) is 6.69. The highest BCUT2D eigenvalue weighted by molar-refractivity contribution is 6.49. The predicted octanol–water partition coefficient (Wildman–Crippen LogP) is 1.38. The van der Waals surface area contributed by atoms with E-state index in [1.807, 2.05) is 18.5 Å². The minimum absolute atomic E-state index is 0.883. The first kappa shape index (κ1) is 6.42. The molecule has 0 aliphatic heterocycles. The molecule has 0 unspecified atom stereocenters. The summed E-state index contributed by atoms with van der Waals surface area (Å²) in [4.78, 5) is 2.93. The van der Waals surface area contributed by atoms with Gasteiger partial charge in [0.05, 0.1) is 0 Å². The Hall–Kier alpha value is -0.703. The third kappa shape index (κ3) is 1.93. The smallest absolute Gasteiger partial charge is 0.229 e. The highest BCUT2D eigenvalue weighted by Crippen LogP contribution is 2.07. The summed E-state index contributed by atoms with van der Waals surface area (Å²) in [5.41, 5.74) is 0. The van der Waals surface area contributed by atoms with Crippen molar-refractivity contribution < 1.29 is 4.43 Å². The predicted molar refractivity (Wildman–Crippen MR) is 40.3 cm³/mol. The Labute approximate surface area is 56.6 Å². The van der Waals surface area contributed by atoms with Gasteiger partial charge in [0.15, 0.2) is 0 Å². The summed E-state index contributed by atoms with van der Waals surface area (Å²) in [6, 6.07) is 1.94. The summed E-state index contributed by atoms with van der Waals surface area (Å²) < 4.78 is 5.46. The van der Waals surface area contributed by atoms with Gasteiger partial charge in [0.25, 0.3) is 0 Å². The molecule has 0 saturated heterocycles. The van der Waals surface area contributed by atoms with E-state index in [2.05, 4.69) is 18.1 Å². The van der Waals surface area contributed by atoms with Crippen molar-refractivity contribution in [2.24, 2.45) is 0 Å². The van der Waals surface area contributed by atoms with E-state index < -0.39 is 9.04 Å². The average Bonchev–Trinajstić information content (AvgIpc) is 2.15. The van der Waals surface area contributed by atoms with Crippen LogP contribution in [0.15, 0.2) is 18.5 Å². The lowest BCUT2D eigenvalue weighted by Gasteiger charge is -2.04. The van der Waals surface area contributed by atoms with Crippen molar-refractivity contribution in [1.29, 1.82) is 0 Å². The van der Waals surface area contributed by atoms with Crippen LogP contribution < -0.4 is 4.43 Å². The molecule has 9 heavy (non-hydrogen) atoms. The van der Waals surface area contributed by atoms with E-state index in [0.29, 0.717) is 0 Å². The van der Waals surface area contributed by atoms with E-state index >= 15 is 0 Å². The SMILES string of the molecule is C[SiH](C)Oc1cc[nH]c1. The van der Waals surface area contributed by atoms with Gasteiger partial charge in [-0.05, 0) is 19.2 Å². The van der Waals surface area contributed by atoms with Crippen LogP contribution in [-0.2, 0) is 0 Å². The topological polar surface area (TPSA) is 25.0 Å². The van der Waals surface area contributed by atoms with Crippen molar-refractivity contribution in [2.45, 2.75) is 13.1 Å². The van der Waals surface area contributed by atoms with Crippen LogP contribution in [0.1, 0.15) is 0 Å². The summed E-state index contributed by atoms with van der Waals surface area (Å²) in [6.07, 6.45) is 3.74. The summed E-state index contributed by atoms with van der Waals surface area (Å²) in [7, 11) is -0.883. The molecule has 0 fully saturated rings. The molecule has 0 aliphatic carbocycles. The van der Waals surface area contributed by atoms with Crippen LogP contribution in [0.5, 0.6) is 5.75 Å². The molecule has 1 rings (SSSR count). The summed E-state index contributed by atoms with van der Waals surface area (Å²) >= 11 is 0. The van der Waals surface area contributed by atoms with Crippen LogP contribution in [-0.4, -0.2) is 14.0 Å². The van der Waals surface area contributed by atoms with Gasteiger partial charge in [-0.25, -0.2) is 0 Å². The Morgan fingerprint density at radius 1 is 1.56 bits per heavy atom. The highest BCUT2D eigenvalue weighted by Gasteiger charge is 1.96. The number of aromatic nitrogens is 1. The maximum absolute atomic E-state index is 5.46. The minimum Gasteiger partial charge on any atom is -0.546 e. The monoisotopic (exact) mass is 141 g/mol. The molecule has 1 N–H and O–H groups in total. The number of H-pyrrole nitrogens is 1. The van der Waals surface area contributed by atoms with Crippen molar-refractivity contribution >= 4 is 9.04 Å². The molecule has 0 amide bonds. The number of hydrogen-bond donors (Lipinski definition) is 1. The van der Waals surface area contributed by atoms with Gasteiger partial charge in [-0.1, -0.05) is 0 Å². The molecule has 0 aliphatic rings. The molecule has 0 radical (unpaired) electrons. The Bertz CT molecular complexity index is 160. The van der Waals surface area contributed by atoms with Crippen LogP contribution in [0.25, 0.3) is 0 Å². The van der Waals surface area contributed by atoms with E-state index in [4.69, 9.17) is 4.43 Å². The van der Waals surface area contributed by atoms with Crippen LogP contribution in [0.2, 0.25) is 13.1 Å². The molecule has 0 aromatic carbocycles. The minimum atomic E-state index is -0.883. The molecule has 0 atom stereocenters. The Morgan fingerprint density at radius 2 is 2.33 bits per heavy atom. The fourth-order valence-electron chi connectivity index (χ4n) is 0.654. The van der Waals surface area contributed by atoms with Crippen molar-refractivity contribution in [1.82, 2.24) is 4.98 Å². The normalized spacial score (nSPS) is 10.1. The molecule has 1 heterocycles. The van der Waals surface area contributed by atoms with Gasteiger partial charge in [0, 0.05) is 12.4 Å². The van der Waals surface area contributed by atoms with Crippen LogP contribution in [0, 0.1) is 0 Å². The fourth-order valence-corrected chi connectivity index (χ4v) is 1.35. The quantitative estimate of drug-likeness (QED) is 0.618. The molecular formula is C6H11NOSi. The zero-order valence-electron chi connectivity index (χ0n) is 5.72. The lowest BCUT2D eigenvalue weighted by atomic mass is 10.6. The third-order valence-corrected chi connectivity index (χ3v) is 1.68. The lowest BCUT2D eigenvalue weighted by Crippen LogP contribution is -2.10. The van der Waals surface area contributed by atoms with Gasteiger partial charge in [0.2, 0.25) is 9.04 Å². The second-order valence-corrected chi connectivity index (χ2v) is 4.55. The number of nitrogens with one attached hydrogen (secondary N) is 1. The molecular weight excluding hydrogens is 130 g/mol. The Kier molecular flexibility index (Phi) is 1.95. The van der Waals surface area contributed by atoms with Crippen LogP contribution in [0.4, 0.5) is 0 Å². The maximum Gasteiger partial charge on any atom is 0.229 e. The molecule has 1 aromatic heterocycles. The third-order valence-electron chi connectivity index (χ3n) is 0.941. The van der Waals surface area contributed by atoms with E-state index in [-0.39, 0.29) is 0 Å². The van der Waals surface area contributed by atoms with Crippen molar-refractivity contribution in [3.05, 3.63) is 18.5 Å². The fraction of sp³-hybridized carbons (Fsp3) is 0.333. The summed E-state index contributed by atoms with van der Waals surface area (Å²) in [5, 5.41) is 0. The second-order valence-electron chi connectivity index (χ2n) is 2.21. The number of hydrogen-bond acceptors (Lipinski definition) is 1. The van der Waals surface area contributed by atoms with Crippen molar-refractivity contribution in [3.8, 4) is 5.75 Å². The first-order valence-electron chi connectivity index (χ1n) is 3.08.